The van der Waals surface area contributed by atoms with Crippen LogP contribution in [-0.2, 0) is 0 Å². The van der Waals surface area contributed by atoms with Gasteiger partial charge in [0, 0.05) is 10.0 Å². The highest BCUT2D eigenvalue weighted by Crippen LogP contribution is 2.37. The molecule has 4 heteroatoms. The number of benzene rings is 2. The van der Waals surface area contributed by atoms with Crippen LogP contribution in [0.3, 0.4) is 0 Å². The molecule has 0 aliphatic carbocycles. The van der Waals surface area contributed by atoms with Crippen LogP contribution in [0, 0.1) is 0 Å². The zero-order valence-corrected chi connectivity index (χ0v) is 14.3. The van der Waals surface area contributed by atoms with E-state index in [0.29, 0.717) is 10.0 Å². The first-order valence-corrected chi connectivity index (χ1v) is 8.00. The number of rotatable bonds is 4. The first kappa shape index (κ1) is 15.7. The number of alkyl halides is 1. The van der Waals surface area contributed by atoms with Crippen LogP contribution < -0.4 is 4.74 Å². The average Bonchev–Trinajstić information content (AvgIpc) is 2.40. The second-order valence-electron chi connectivity index (χ2n) is 4.77. The second-order valence-corrected chi connectivity index (χ2v) is 6.53. The van der Waals surface area contributed by atoms with Crippen molar-refractivity contribution in [2.75, 3.05) is 0 Å². The molecule has 20 heavy (non-hydrogen) atoms. The van der Waals surface area contributed by atoms with Crippen molar-refractivity contribution in [1.82, 2.24) is 0 Å². The van der Waals surface area contributed by atoms with Crippen molar-refractivity contribution in [2.24, 2.45) is 0 Å². The number of hydrogen-bond donors (Lipinski definition) is 0. The molecule has 0 fully saturated rings. The molecule has 0 aromatic heterocycles. The van der Waals surface area contributed by atoms with Crippen LogP contribution in [0.4, 0.5) is 0 Å². The molecular weight excluding hydrogens is 359 g/mol. The number of hydrogen-bond acceptors (Lipinski definition) is 1. The molecule has 2 aromatic carbocycles. The van der Waals surface area contributed by atoms with Gasteiger partial charge in [-0.25, -0.2) is 0 Å². The lowest BCUT2D eigenvalue weighted by molar-refractivity contribution is 0.242. The van der Waals surface area contributed by atoms with E-state index in [1.165, 1.54) is 0 Å². The van der Waals surface area contributed by atoms with E-state index in [1.54, 1.807) is 6.07 Å². The normalized spacial score (nSPS) is 12.5. The van der Waals surface area contributed by atoms with Gasteiger partial charge in [0.25, 0.3) is 0 Å². The van der Waals surface area contributed by atoms with E-state index in [1.807, 2.05) is 50.2 Å². The van der Waals surface area contributed by atoms with Gasteiger partial charge in [0.15, 0.2) is 0 Å². The molecule has 2 rings (SSSR count). The summed E-state index contributed by atoms with van der Waals surface area (Å²) < 4.78 is 5.71. The summed E-state index contributed by atoms with van der Waals surface area (Å²) in [6.07, 6.45) is 0.147. The molecule has 1 atom stereocenters. The summed E-state index contributed by atoms with van der Waals surface area (Å²) in [6.45, 7) is 4.01. The summed E-state index contributed by atoms with van der Waals surface area (Å²) in [7, 11) is 0. The fourth-order valence-electron chi connectivity index (χ4n) is 1.91. The van der Waals surface area contributed by atoms with Gasteiger partial charge in [-0.2, -0.15) is 0 Å². The highest BCUT2D eigenvalue weighted by Gasteiger charge is 2.15. The number of ether oxygens (including phenoxy) is 1. The highest BCUT2D eigenvalue weighted by atomic mass is 79.9. The molecule has 106 valence electrons. The van der Waals surface area contributed by atoms with Gasteiger partial charge in [0.2, 0.25) is 0 Å². The van der Waals surface area contributed by atoms with E-state index < -0.39 is 0 Å². The summed E-state index contributed by atoms with van der Waals surface area (Å²) in [6, 6.07) is 13.4. The smallest absolute Gasteiger partial charge is 0.120 e. The van der Waals surface area contributed by atoms with Gasteiger partial charge < -0.3 is 4.74 Å². The van der Waals surface area contributed by atoms with E-state index >= 15 is 0 Å². The van der Waals surface area contributed by atoms with Gasteiger partial charge in [-0.3, -0.25) is 0 Å². The predicted octanol–water partition coefficient (Wildman–Crippen LogP) is 6.26. The van der Waals surface area contributed by atoms with Gasteiger partial charge >= 0.3 is 0 Å². The Bertz CT molecular complexity index is 599. The summed E-state index contributed by atoms with van der Waals surface area (Å²) in [4.78, 5) is -0.0237. The zero-order chi connectivity index (χ0) is 14.7. The summed E-state index contributed by atoms with van der Waals surface area (Å²) in [5, 5.41) is 1.36. The molecule has 2 aromatic rings. The lowest BCUT2D eigenvalue weighted by Gasteiger charge is -2.15. The van der Waals surface area contributed by atoms with Gasteiger partial charge in [-0.1, -0.05) is 51.3 Å². The van der Waals surface area contributed by atoms with Crippen molar-refractivity contribution in [3.63, 3.8) is 0 Å². The van der Waals surface area contributed by atoms with E-state index in [2.05, 4.69) is 15.9 Å². The molecular formula is C16H15BrCl2O. The van der Waals surface area contributed by atoms with Gasteiger partial charge in [0.05, 0.1) is 10.9 Å². The fraction of sp³-hybridized carbons (Fsp3) is 0.250. The molecule has 0 aliphatic heterocycles. The van der Waals surface area contributed by atoms with Crippen LogP contribution in [0.5, 0.6) is 5.75 Å². The molecule has 0 radical (unpaired) electrons. The topological polar surface area (TPSA) is 9.23 Å². The maximum atomic E-state index is 6.25. The third-order valence-corrected chi connectivity index (χ3v) is 4.35. The van der Waals surface area contributed by atoms with Crippen molar-refractivity contribution in [2.45, 2.75) is 24.8 Å². The van der Waals surface area contributed by atoms with Crippen LogP contribution in [0.15, 0.2) is 42.5 Å². The van der Waals surface area contributed by atoms with Crippen molar-refractivity contribution >= 4 is 39.1 Å². The first-order chi connectivity index (χ1) is 9.47. The van der Waals surface area contributed by atoms with Crippen LogP contribution in [0.2, 0.25) is 10.0 Å². The Morgan fingerprint density at radius 3 is 2.50 bits per heavy atom. The summed E-state index contributed by atoms with van der Waals surface area (Å²) in [5.74, 6) is 0.847. The Labute approximate surface area is 138 Å². The molecule has 1 unspecified atom stereocenters. The zero-order valence-electron chi connectivity index (χ0n) is 11.2. The maximum absolute atomic E-state index is 6.25. The van der Waals surface area contributed by atoms with Gasteiger partial charge in [-0.05, 0) is 55.3 Å². The van der Waals surface area contributed by atoms with E-state index in [9.17, 15) is 0 Å². The molecule has 0 aliphatic rings. The molecule has 0 spiro atoms. The number of halogens is 3. The Balaban J connectivity index is 2.33. The largest absolute Gasteiger partial charge is 0.491 e. The predicted molar refractivity (Wildman–Crippen MR) is 89.4 cm³/mol. The minimum atomic E-state index is -0.0237. The Kier molecular flexibility index (Phi) is 5.36. The maximum Gasteiger partial charge on any atom is 0.120 e. The third kappa shape index (κ3) is 3.91. The molecule has 0 bridgehead atoms. The quantitative estimate of drug-likeness (QED) is 0.574. The van der Waals surface area contributed by atoms with Gasteiger partial charge in [-0.15, -0.1) is 0 Å². The van der Waals surface area contributed by atoms with Crippen LogP contribution in [0.25, 0.3) is 0 Å². The van der Waals surface area contributed by atoms with E-state index in [-0.39, 0.29) is 10.9 Å². The van der Waals surface area contributed by atoms with Crippen molar-refractivity contribution in [3.8, 4) is 5.75 Å². The third-order valence-electron chi connectivity index (χ3n) is 2.75. The van der Waals surface area contributed by atoms with Crippen LogP contribution in [0.1, 0.15) is 29.8 Å². The molecule has 0 heterocycles. The lowest BCUT2D eigenvalue weighted by atomic mass is 10.0. The minimum Gasteiger partial charge on any atom is -0.491 e. The Hall–Kier alpha value is -0.700. The van der Waals surface area contributed by atoms with Gasteiger partial charge in [0.1, 0.15) is 5.75 Å². The first-order valence-electron chi connectivity index (χ1n) is 6.33. The molecule has 1 nitrogen and oxygen atoms in total. The molecule has 0 saturated carbocycles. The fourth-order valence-corrected chi connectivity index (χ4v) is 3.11. The summed E-state index contributed by atoms with van der Waals surface area (Å²) in [5.41, 5.74) is 2.02. The van der Waals surface area contributed by atoms with Crippen molar-refractivity contribution in [3.05, 3.63) is 63.6 Å². The summed E-state index contributed by atoms with van der Waals surface area (Å²) >= 11 is 16.0. The Morgan fingerprint density at radius 1 is 1.05 bits per heavy atom. The van der Waals surface area contributed by atoms with E-state index in [0.717, 1.165) is 16.9 Å². The Morgan fingerprint density at radius 2 is 1.80 bits per heavy atom. The second kappa shape index (κ2) is 6.84. The van der Waals surface area contributed by atoms with Crippen LogP contribution in [-0.4, -0.2) is 6.10 Å². The molecule has 0 amide bonds. The highest BCUT2D eigenvalue weighted by molar-refractivity contribution is 9.09. The van der Waals surface area contributed by atoms with Crippen LogP contribution >= 0.6 is 39.1 Å². The van der Waals surface area contributed by atoms with Crippen molar-refractivity contribution in [1.29, 1.82) is 0 Å². The average molecular weight is 374 g/mol. The molecule has 0 N–H and O–H groups in total. The van der Waals surface area contributed by atoms with E-state index in [4.69, 9.17) is 27.9 Å². The standard InChI is InChI=1S/C16H15BrCl2O/c1-10(2)20-13-5-3-4-11(8-13)16(17)14-9-12(18)6-7-15(14)19/h3-10,16H,1-2H3. The molecule has 0 saturated heterocycles. The lowest BCUT2D eigenvalue weighted by Crippen LogP contribution is -2.06. The van der Waals surface area contributed by atoms with Crippen molar-refractivity contribution < 1.29 is 4.74 Å². The minimum absolute atomic E-state index is 0.0237. The SMILES string of the molecule is CC(C)Oc1cccc(C(Br)c2cc(Cl)ccc2Cl)c1. The monoisotopic (exact) mass is 372 g/mol.